The van der Waals surface area contributed by atoms with Crippen LogP contribution in [0.1, 0.15) is 60.8 Å². The van der Waals surface area contributed by atoms with E-state index in [0.717, 1.165) is 48.5 Å². The summed E-state index contributed by atoms with van der Waals surface area (Å²) in [5.74, 6) is -8.66. The van der Waals surface area contributed by atoms with Gasteiger partial charge < -0.3 is 9.47 Å². The molecule has 0 bridgehead atoms. The van der Waals surface area contributed by atoms with Crippen LogP contribution in [0.2, 0.25) is 0 Å². The molecule has 2 saturated heterocycles. The number of ether oxygens (including phenoxy) is 2. The Morgan fingerprint density at radius 1 is 0.577 bits per heavy atom. The third kappa shape index (κ3) is 8.11. The van der Waals surface area contributed by atoms with E-state index in [1.54, 1.807) is 0 Å². The van der Waals surface area contributed by atoms with Crippen LogP contribution in [0.3, 0.4) is 0 Å². The minimum Gasteiger partial charge on any atom is -0.490 e. The van der Waals surface area contributed by atoms with Gasteiger partial charge in [-0.1, -0.05) is 0 Å². The lowest BCUT2D eigenvalue weighted by atomic mass is 9.64. The van der Waals surface area contributed by atoms with E-state index in [4.69, 9.17) is 9.47 Å². The van der Waals surface area contributed by atoms with Crippen LogP contribution in [0.25, 0.3) is 0 Å². The van der Waals surface area contributed by atoms with Crippen molar-refractivity contribution in [2.45, 2.75) is 82.2 Å². The molecule has 0 aromatic heterocycles. The maximum Gasteiger partial charge on any atom is 0.416 e. The first-order valence-corrected chi connectivity index (χ1v) is 28.2. The predicted octanol–water partition coefficient (Wildman–Crippen LogP) is 7.87. The van der Waals surface area contributed by atoms with Crippen LogP contribution in [-0.4, -0.2) is 81.8 Å². The molecule has 26 heteroatoms. The highest BCUT2D eigenvalue weighted by atomic mass is 32.2. The van der Waals surface area contributed by atoms with Gasteiger partial charge >= 0.3 is 12.4 Å². The fourth-order valence-corrected chi connectivity index (χ4v) is 19.8. The van der Waals surface area contributed by atoms with Crippen LogP contribution >= 0.6 is 0 Å². The van der Waals surface area contributed by atoms with Crippen molar-refractivity contribution in [2.24, 2.45) is 23.7 Å². The quantitative estimate of drug-likeness (QED) is 0.199. The third-order valence-corrected chi connectivity index (χ3v) is 23.7. The first-order chi connectivity index (χ1) is 33.0. The van der Waals surface area contributed by atoms with E-state index >= 15 is 8.78 Å². The third-order valence-electron chi connectivity index (χ3n) is 15.3. The number of sulfone groups is 2. The molecule has 0 amide bonds. The zero-order valence-corrected chi connectivity index (χ0v) is 40.2. The number of alkyl halides is 6. The molecule has 6 aliphatic rings. The van der Waals surface area contributed by atoms with Gasteiger partial charge in [0.05, 0.1) is 56.8 Å². The van der Waals surface area contributed by atoms with Crippen LogP contribution in [0.4, 0.5) is 43.9 Å². The fourth-order valence-electron chi connectivity index (χ4n) is 12.0. The number of rotatable bonds is 4. The summed E-state index contributed by atoms with van der Waals surface area (Å²) in [6.07, 6.45) is -9.73. The van der Waals surface area contributed by atoms with Crippen LogP contribution in [0, 0.1) is 46.9 Å². The van der Waals surface area contributed by atoms with Gasteiger partial charge in [0.2, 0.25) is 20.0 Å². The molecule has 71 heavy (non-hydrogen) atoms. The maximum atomic E-state index is 15.4. The molecule has 10 rings (SSSR count). The molecule has 386 valence electrons. The van der Waals surface area contributed by atoms with E-state index < -0.39 is 164 Å². The molecule has 2 aliphatic carbocycles. The largest absolute Gasteiger partial charge is 0.490 e. The van der Waals surface area contributed by atoms with E-state index in [-0.39, 0.29) is 63.2 Å². The predicted molar refractivity (Wildman–Crippen MR) is 232 cm³/mol. The van der Waals surface area contributed by atoms with E-state index in [2.05, 4.69) is 4.72 Å². The summed E-state index contributed by atoms with van der Waals surface area (Å²) in [5.41, 5.74) is -3.10. The number of halogens is 10. The molecule has 12 nitrogen and oxygen atoms in total. The molecular weight excluding hydrogens is 1050 g/mol. The minimum atomic E-state index is -4.69. The van der Waals surface area contributed by atoms with Crippen molar-refractivity contribution in [3.63, 3.8) is 0 Å². The van der Waals surface area contributed by atoms with Crippen molar-refractivity contribution in [3.05, 3.63) is 118 Å². The molecule has 8 atom stereocenters. The minimum absolute atomic E-state index is 0.00958. The average molecular weight is 1090 g/mol. The SMILES string of the molecule is CN1[C@@H]2CC[C@@]3(S(=O)(=O)c4ccc(C(F)(F)F)cc4)c4c(F)ccc(F)c4OC[C@H]3[C@@H]2CCS1(=O)=O.O=S1(=O)CC[C@@H]2[C@@H](CC[C@@]3(S(=O)(=O)c4ccc(C(F)(F)F)cc4)c4c(F)ccc(F)c4OC[C@@H]23)N1. The molecule has 1 N–H and O–H groups in total. The molecule has 4 aromatic carbocycles. The Hall–Kier alpha value is -4.50. The second-order valence-electron chi connectivity index (χ2n) is 18.6. The Kier molecular flexibility index (Phi) is 12.5. The Bertz CT molecular complexity index is 3250. The molecule has 0 spiro atoms. The van der Waals surface area contributed by atoms with E-state index in [1.165, 1.54) is 11.4 Å². The number of sulfonamides is 2. The lowest BCUT2D eigenvalue weighted by molar-refractivity contribution is -0.138. The average Bonchev–Trinajstić information content (AvgIpc) is 3.31. The van der Waals surface area contributed by atoms with Gasteiger partial charge in [0.15, 0.2) is 42.8 Å². The van der Waals surface area contributed by atoms with Crippen molar-refractivity contribution in [1.82, 2.24) is 9.03 Å². The summed E-state index contributed by atoms with van der Waals surface area (Å²) in [7, 11) is -15.0. The zero-order chi connectivity index (χ0) is 51.6. The van der Waals surface area contributed by atoms with Crippen molar-refractivity contribution in [3.8, 4) is 11.5 Å². The summed E-state index contributed by atoms with van der Waals surface area (Å²) < 4.78 is 255. The van der Waals surface area contributed by atoms with Crippen molar-refractivity contribution in [1.29, 1.82) is 0 Å². The second kappa shape index (κ2) is 17.3. The molecule has 0 unspecified atom stereocenters. The molecule has 4 aliphatic heterocycles. The van der Waals surface area contributed by atoms with Crippen molar-refractivity contribution >= 4 is 39.7 Å². The normalized spacial score (nSPS) is 30.0. The fraction of sp³-hybridized carbons (Fsp3) is 0.467. The van der Waals surface area contributed by atoms with Gasteiger partial charge in [-0.3, -0.25) is 0 Å². The van der Waals surface area contributed by atoms with Crippen molar-refractivity contribution in [2.75, 3.05) is 31.8 Å². The molecule has 0 radical (unpaired) electrons. The van der Waals surface area contributed by atoms with Gasteiger partial charge in [0, 0.05) is 31.0 Å². The van der Waals surface area contributed by atoms with Gasteiger partial charge in [-0.15, -0.1) is 0 Å². The van der Waals surface area contributed by atoms with Crippen LogP contribution in [0.5, 0.6) is 11.5 Å². The monoisotopic (exact) mass is 1090 g/mol. The summed E-state index contributed by atoms with van der Waals surface area (Å²) >= 11 is 0. The van der Waals surface area contributed by atoms with Gasteiger partial charge in [-0.05, 0) is 123 Å². The Morgan fingerprint density at radius 2 is 0.986 bits per heavy atom. The van der Waals surface area contributed by atoms with Crippen LogP contribution < -0.4 is 14.2 Å². The number of benzene rings is 4. The summed E-state index contributed by atoms with van der Waals surface area (Å²) in [6.45, 7) is -0.640. The standard InChI is InChI=1S/C23H22F5NO5S2.C22H20F5NO5S2/c1-29-19-8-10-22(36(32,33)14-4-2-13(3-5-14)23(26,27)28)16(15(19)9-11-35(29,30)31)12-34-21-18(25)7-6-17(24)20(21)22;23-16-5-6-17(24)20-19(16)21(35(31,32)13-3-1-12(2-4-13)22(25,26)27)9-7-18-14(15(21)11-33-20)8-10-34(29,30)28-18/h2-7,15-16,19H,8-12H2,1H3;1-6,14-15,18,28H,7-11H2/t15-,16-,19+,22-;14-,15-,18+,21-/m00/s1. The van der Waals surface area contributed by atoms with Gasteiger partial charge in [0.1, 0.15) is 21.1 Å². The van der Waals surface area contributed by atoms with Crippen LogP contribution in [0.15, 0.2) is 82.6 Å². The summed E-state index contributed by atoms with van der Waals surface area (Å²) in [4.78, 5) is -0.936. The Labute approximate surface area is 401 Å². The Morgan fingerprint density at radius 3 is 1.44 bits per heavy atom. The van der Waals surface area contributed by atoms with Crippen molar-refractivity contribution < 1.29 is 87.0 Å². The van der Waals surface area contributed by atoms with Gasteiger partial charge in [0.25, 0.3) is 0 Å². The highest BCUT2D eigenvalue weighted by Gasteiger charge is 2.66. The zero-order valence-electron chi connectivity index (χ0n) is 36.9. The first kappa shape index (κ1) is 51.4. The molecule has 4 aromatic rings. The second-order valence-corrected chi connectivity index (χ2v) is 27.0. The highest BCUT2D eigenvalue weighted by Crippen LogP contribution is 2.61. The number of nitrogens with one attached hydrogen (secondary N) is 1. The molecule has 4 fully saturated rings. The Balaban J connectivity index is 0.000000176. The van der Waals surface area contributed by atoms with Gasteiger partial charge in [-0.25, -0.2) is 60.3 Å². The van der Waals surface area contributed by atoms with E-state index in [9.17, 15) is 68.8 Å². The van der Waals surface area contributed by atoms with E-state index in [0.29, 0.717) is 24.3 Å². The number of hydrogen-bond donors (Lipinski definition) is 1. The number of nitrogens with zero attached hydrogens (tertiary/aromatic N) is 1. The topological polar surface area (TPSA) is 170 Å². The van der Waals surface area contributed by atoms with E-state index in [1.807, 2.05) is 0 Å². The molecule has 2 saturated carbocycles. The lowest BCUT2D eigenvalue weighted by Gasteiger charge is -2.55. The molecule has 4 heterocycles. The molecular formula is C45H42F10N2O10S4. The summed E-state index contributed by atoms with van der Waals surface area (Å²) in [6, 6.07) is 7.79. The van der Waals surface area contributed by atoms with Gasteiger partial charge in [-0.2, -0.15) is 26.3 Å². The number of fused-ring (bicyclic) bond motifs is 10. The number of hydrogen-bond acceptors (Lipinski definition) is 10. The highest BCUT2D eigenvalue weighted by molar-refractivity contribution is 7.93. The summed E-state index contributed by atoms with van der Waals surface area (Å²) in [5, 5.41) is 0. The lowest BCUT2D eigenvalue weighted by Crippen LogP contribution is -2.62. The smallest absolute Gasteiger partial charge is 0.416 e. The maximum absolute atomic E-state index is 15.4. The van der Waals surface area contributed by atoms with Crippen LogP contribution in [-0.2, 0) is 61.6 Å². The first-order valence-electron chi connectivity index (χ1n) is 22.0.